The fourth-order valence-electron chi connectivity index (χ4n) is 4.89. The van der Waals surface area contributed by atoms with E-state index in [2.05, 4.69) is 36.5 Å². The van der Waals surface area contributed by atoms with Gasteiger partial charge in [0.05, 0.1) is 17.1 Å². The Hall–Kier alpha value is -1.74. The van der Waals surface area contributed by atoms with Gasteiger partial charge in [-0.3, -0.25) is 4.40 Å². The predicted molar refractivity (Wildman–Crippen MR) is 102 cm³/mol. The molecular weight excluding hydrogens is 364 g/mol. The predicted octanol–water partition coefficient (Wildman–Crippen LogP) is 1.84. The standard InChI is InChI=1S/C18H26N6O2S/c1-2-11-8-12(23-27(25,26)13-4-3-5-13)9-14(11)18-22-21-16-10-20-17-15(24(16)18)6-7-19-17/h10-14,19,23H,2-9H2,1H3/t11-,12+,14+/m1/s1. The van der Waals surface area contributed by atoms with Crippen LogP contribution in [-0.2, 0) is 16.4 Å². The van der Waals surface area contributed by atoms with Crippen LogP contribution in [0, 0.1) is 5.92 Å². The molecule has 0 amide bonds. The zero-order chi connectivity index (χ0) is 18.6. The molecule has 2 aromatic rings. The zero-order valence-corrected chi connectivity index (χ0v) is 16.4. The first-order valence-electron chi connectivity index (χ1n) is 10.0. The highest BCUT2D eigenvalue weighted by Gasteiger charge is 2.41. The van der Waals surface area contributed by atoms with Crippen molar-refractivity contribution in [2.24, 2.45) is 5.92 Å². The Morgan fingerprint density at radius 2 is 2.15 bits per heavy atom. The van der Waals surface area contributed by atoms with E-state index in [0.717, 1.165) is 74.5 Å². The summed E-state index contributed by atoms with van der Waals surface area (Å²) < 4.78 is 30.3. The lowest BCUT2D eigenvalue weighted by Crippen LogP contribution is -2.42. The summed E-state index contributed by atoms with van der Waals surface area (Å²) >= 11 is 0. The van der Waals surface area contributed by atoms with E-state index in [-0.39, 0.29) is 17.2 Å². The maximum Gasteiger partial charge on any atom is 0.214 e. The van der Waals surface area contributed by atoms with Crippen LogP contribution >= 0.6 is 0 Å². The van der Waals surface area contributed by atoms with Gasteiger partial charge in [0.1, 0.15) is 11.6 Å². The van der Waals surface area contributed by atoms with E-state index < -0.39 is 10.0 Å². The normalized spacial score (nSPS) is 28.3. The molecule has 0 radical (unpaired) electrons. The Labute approximate surface area is 159 Å². The highest BCUT2D eigenvalue weighted by Crippen LogP contribution is 2.42. The van der Waals surface area contributed by atoms with E-state index >= 15 is 0 Å². The van der Waals surface area contributed by atoms with Gasteiger partial charge in [0.2, 0.25) is 10.0 Å². The maximum atomic E-state index is 12.6. The minimum absolute atomic E-state index is 0.00842. The SMILES string of the molecule is CC[C@@H]1C[C@H](NS(=O)(=O)C2CCC2)C[C@@H]1c1nnc2cnc3c(n12)CCN3. The Morgan fingerprint density at radius 1 is 1.30 bits per heavy atom. The van der Waals surface area contributed by atoms with Gasteiger partial charge in [-0.1, -0.05) is 19.8 Å². The van der Waals surface area contributed by atoms with Gasteiger partial charge in [-0.05, 0) is 31.6 Å². The molecule has 0 aromatic carbocycles. The Kier molecular flexibility index (Phi) is 4.12. The summed E-state index contributed by atoms with van der Waals surface area (Å²) in [5, 5.41) is 12.0. The molecule has 3 heterocycles. The first-order valence-corrected chi connectivity index (χ1v) is 11.6. The van der Waals surface area contributed by atoms with Crippen molar-refractivity contribution in [3.8, 4) is 0 Å². The first-order chi connectivity index (χ1) is 13.1. The van der Waals surface area contributed by atoms with Crippen molar-refractivity contribution in [2.75, 3.05) is 11.9 Å². The van der Waals surface area contributed by atoms with Crippen LogP contribution in [0.4, 0.5) is 5.82 Å². The quantitative estimate of drug-likeness (QED) is 0.808. The van der Waals surface area contributed by atoms with Crippen molar-refractivity contribution in [1.29, 1.82) is 0 Å². The minimum atomic E-state index is -3.20. The molecule has 2 aliphatic carbocycles. The van der Waals surface area contributed by atoms with Crippen LogP contribution in [0.15, 0.2) is 6.20 Å². The van der Waals surface area contributed by atoms with Crippen molar-refractivity contribution >= 4 is 21.5 Å². The van der Waals surface area contributed by atoms with Gasteiger partial charge >= 0.3 is 0 Å². The lowest BCUT2D eigenvalue weighted by Gasteiger charge is -2.27. The van der Waals surface area contributed by atoms with Crippen molar-refractivity contribution in [2.45, 2.75) is 69.1 Å². The van der Waals surface area contributed by atoms with Crippen LogP contribution in [-0.4, -0.2) is 45.8 Å². The number of anilines is 1. The second kappa shape index (κ2) is 6.41. The molecule has 2 saturated carbocycles. The Morgan fingerprint density at radius 3 is 2.89 bits per heavy atom. The Bertz CT molecular complexity index is 968. The molecule has 0 saturated heterocycles. The zero-order valence-electron chi connectivity index (χ0n) is 15.6. The summed E-state index contributed by atoms with van der Waals surface area (Å²) in [5.41, 5.74) is 1.92. The summed E-state index contributed by atoms with van der Waals surface area (Å²) in [4.78, 5) is 4.44. The second-order valence-corrected chi connectivity index (χ2v) is 10.1. The van der Waals surface area contributed by atoms with Gasteiger partial charge in [-0.15, -0.1) is 10.2 Å². The van der Waals surface area contributed by atoms with E-state index in [1.54, 1.807) is 6.20 Å². The average molecular weight is 391 g/mol. The van der Waals surface area contributed by atoms with Crippen molar-refractivity contribution in [1.82, 2.24) is 24.3 Å². The Balaban J connectivity index is 1.45. The van der Waals surface area contributed by atoms with Crippen LogP contribution in [0.1, 0.15) is 62.9 Å². The molecule has 146 valence electrons. The highest BCUT2D eigenvalue weighted by molar-refractivity contribution is 7.90. The number of fused-ring (bicyclic) bond motifs is 3. The molecule has 27 heavy (non-hydrogen) atoms. The minimum Gasteiger partial charge on any atom is -0.368 e. The number of nitrogens with zero attached hydrogens (tertiary/aromatic N) is 4. The number of hydrogen-bond donors (Lipinski definition) is 2. The average Bonchev–Trinajstić information content (AvgIpc) is 3.28. The molecule has 9 heteroatoms. The lowest BCUT2D eigenvalue weighted by molar-refractivity contribution is 0.444. The molecule has 0 unspecified atom stereocenters. The molecule has 0 spiro atoms. The fourth-order valence-corrected chi connectivity index (χ4v) is 6.69. The summed E-state index contributed by atoms with van der Waals surface area (Å²) in [6, 6.07) is -0.00842. The van der Waals surface area contributed by atoms with Crippen LogP contribution in [0.25, 0.3) is 5.65 Å². The topological polar surface area (TPSA) is 101 Å². The van der Waals surface area contributed by atoms with Gasteiger partial charge in [0, 0.05) is 24.9 Å². The number of nitrogens with one attached hydrogen (secondary N) is 2. The summed E-state index contributed by atoms with van der Waals surface area (Å²) in [6.07, 6.45) is 7.95. The number of sulfonamides is 1. The lowest BCUT2D eigenvalue weighted by atomic mass is 9.93. The van der Waals surface area contributed by atoms with Gasteiger partial charge in [0.25, 0.3) is 0 Å². The highest BCUT2D eigenvalue weighted by atomic mass is 32.2. The first kappa shape index (κ1) is 17.4. The van der Waals surface area contributed by atoms with Crippen LogP contribution < -0.4 is 10.0 Å². The molecule has 2 aromatic heterocycles. The maximum absolute atomic E-state index is 12.6. The molecule has 2 N–H and O–H groups in total. The molecule has 0 bridgehead atoms. The van der Waals surface area contributed by atoms with E-state index in [0.29, 0.717) is 5.92 Å². The van der Waals surface area contributed by atoms with Crippen molar-refractivity contribution < 1.29 is 8.42 Å². The van der Waals surface area contributed by atoms with Crippen molar-refractivity contribution in [3.05, 3.63) is 17.7 Å². The van der Waals surface area contributed by atoms with E-state index in [9.17, 15) is 8.42 Å². The van der Waals surface area contributed by atoms with Gasteiger partial charge in [0.15, 0.2) is 5.65 Å². The number of aromatic nitrogens is 4. The third-order valence-corrected chi connectivity index (χ3v) is 8.60. The van der Waals surface area contributed by atoms with Crippen LogP contribution in [0.2, 0.25) is 0 Å². The molecule has 8 nitrogen and oxygen atoms in total. The van der Waals surface area contributed by atoms with E-state index in [1.807, 2.05) is 0 Å². The summed E-state index contributed by atoms with van der Waals surface area (Å²) in [6.45, 7) is 3.06. The van der Waals surface area contributed by atoms with Gasteiger partial charge in [-0.2, -0.15) is 0 Å². The smallest absolute Gasteiger partial charge is 0.214 e. The van der Waals surface area contributed by atoms with Crippen LogP contribution in [0.3, 0.4) is 0 Å². The molecular formula is C18H26N6O2S. The fraction of sp³-hybridized carbons (Fsp3) is 0.722. The molecule has 3 aliphatic rings. The second-order valence-electron chi connectivity index (χ2n) is 8.14. The molecule has 3 atom stereocenters. The summed E-state index contributed by atoms with van der Waals surface area (Å²) in [5.74, 6) is 2.50. The monoisotopic (exact) mass is 390 g/mol. The van der Waals surface area contributed by atoms with E-state index in [1.165, 1.54) is 0 Å². The summed E-state index contributed by atoms with van der Waals surface area (Å²) in [7, 11) is -3.20. The molecule has 1 aliphatic heterocycles. The van der Waals surface area contributed by atoms with Crippen molar-refractivity contribution in [3.63, 3.8) is 0 Å². The largest absolute Gasteiger partial charge is 0.368 e. The number of rotatable bonds is 5. The van der Waals surface area contributed by atoms with Gasteiger partial charge in [-0.25, -0.2) is 18.1 Å². The third kappa shape index (κ3) is 2.82. The van der Waals surface area contributed by atoms with Crippen LogP contribution in [0.5, 0.6) is 0 Å². The molecule has 2 fully saturated rings. The van der Waals surface area contributed by atoms with E-state index in [4.69, 9.17) is 0 Å². The third-order valence-electron chi connectivity index (χ3n) is 6.59. The molecule has 5 rings (SSSR count). The van der Waals surface area contributed by atoms with Gasteiger partial charge < -0.3 is 5.32 Å². The number of hydrogen-bond acceptors (Lipinski definition) is 6.